The van der Waals surface area contributed by atoms with Crippen LogP contribution >= 0.6 is 0 Å². The Morgan fingerprint density at radius 3 is 2.46 bits per heavy atom. The van der Waals surface area contributed by atoms with Crippen molar-refractivity contribution in [2.75, 3.05) is 12.3 Å². The molecule has 0 bridgehead atoms. The van der Waals surface area contributed by atoms with Crippen LogP contribution in [0.15, 0.2) is 47.4 Å². The Morgan fingerprint density at radius 1 is 1.12 bits per heavy atom. The molecule has 0 radical (unpaired) electrons. The summed E-state index contributed by atoms with van der Waals surface area (Å²) in [5, 5.41) is 0. The van der Waals surface area contributed by atoms with Crippen LogP contribution in [0, 0.1) is 6.92 Å². The lowest BCUT2D eigenvalue weighted by molar-refractivity contribution is -0.128. The van der Waals surface area contributed by atoms with E-state index in [0.717, 1.165) is 29.8 Å². The molecule has 2 aromatic rings. The molecule has 0 atom stereocenters. The highest BCUT2D eigenvalue weighted by Crippen LogP contribution is 2.31. The van der Waals surface area contributed by atoms with Crippen molar-refractivity contribution < 1.29 is 17.9 Å². The Morgan fingerprint density at radius 2 is 1.85 bits per heavy atom. The Bertz CT molecular complexity index is 904. The third-order valence-corrected chi connectivity index (χ3v) is 6.36. The van der Waals surface area contributed by atoms with Crippen LogP contribution in [0.1, 0.15) is 30.9 Å². The van der Waals surface area contributed by atoms with E-state index in [4.69, 9.17) is 4.74 Å². The highest BCUT2D eigenvalue weighted by Gasteiger charge is 2.22. The molecule has 1 saturated heterocycles. The molecule has 138 valence electrons. The van der Waals surface area contributed by atoms with Gasteiger partial charge in [0.2, 0.25) is 5.91 Å². The third-order valence-electron chi connectivity index (χ3n) is 4.61. The number of hydrogen-bond donors (Lipinski definition) is 0. The molecule has 0 spiro atoms. The summed E-state index contributed by atoms with van der Waals surface area (Å²) >= 11 is 0. The molecule has 0 aromatic heterocycles. The average Bonchev–Trinajstić information content (AvgIpc) is 3.03. The molecule has 1 heterocycles. The van der Waals surface area contributed by atoms with E-state index in [2.05, 4.69) is 0 Å². The standard InChI is InChI=1S/C20H23NO4S/c1-3-26(23,24)18-11-9-17(10-12-18)25-20-15(2)6-4-7-16(20)14-21-13-5-8-19(21)22/h4,6-7,9-12H,3,5,8,13-14H2,1-2H3. The second-order valence-corrected chi connectivity index (χ2v) is 8.74. The monoisotopic (exact) mass is 373 g/mol. The SMILES string of the molecule is CCS(=O)(=O)c1ccc(Oc2c(C)cccc2CN2CCCC2=O)cc1. The predicted octanol–water partition coefficient (Wildman–Crippen LogP) is 3.70. The largest absolute Gasteiger partial charge is 0.457 e. The summed E-state index contributed by atoms with van der Waals surface area (Å²) in [5.74, 6) is 1.53. The Hall–Kier alpha value is -2.34. The zero-order valence-corrected chi connectivity index (χ0v) is 15.9. The number of nitrogens with zero attached hydrogens (tertiary/aromatic N) is 1. The maximum absolute atomic E-state index is 11.9. The summed E-state index contributed by atoms with van der Waals surface area (Å²) in [6, 6.07) is 12.3. The van der Waals surface area contributed by atoms with Crippen LogP contribution < -0.4 is 4.74 Å². The van der Waals surface area contributed by atoms with Gasteiger partial charge < -0.3 is 9.64 Å². The summed E-state index contributed by atoms with van der Waals surface area (Å²) in [6.07, 6.45) is 1.50. The minimum atomic E-state index is -3.23. The van der Waals surface area contributed by atoms with E-state index >= 15 is 0 Å². The molecule has 0 saturated carbocycles. The smallest absolute Gasteiger partial charge is 0.222 e. The lowest BCUT2D eigenvalue weighted by atomic mass is 10.1. The maximum atomic E-state index is 11.9. The normalized spacial score (nSPS) is 14.7. The van der Waals surface area contributed by atoms with Crippen molar-refractivity contribution >= 4 is 15.7 Å². The van der Waals surface area contributed by atoms with Crippen LogP contribution in [0.3, 0.4) is 0 Å². The van der Waals surface area contributed by atoms with E-state index < -0.39 is 9.84 Å². The molecule has 1 aliphatic heterocycles. The van der Waals surface area contributed by atoms with Gasteiger partial charge in [-0.2, -0.15) is 0 Å². The average molecular weight is 373 g/mol. The first kappa shape index (κ1) is 18.5. The fourth-order valence-corrected chi connectivity index (χ4v) is 3.94. The van der Waals surface area contributed by atoms with Crippen molar-refractivity contribution in [3.63, 3.8) is 0 Å². The molecule has 2 aromatic carbocycles. The first-order chi connectivity index (χ1) is 12.4. The number of carbonyl (C=O) groups is 1. The number of hydrogen-bond acceptors (Lipinski definition) is 4. The van der Waals surface area contributed by atoms with Crippen molar-refractivity contribution in [1.82, 2.24) is 4.90 Å². The minimum absolute atomic E-state index is 0.0685. The first-order valence-corrected chi connectivity index (χ1v) is 10.4. The van der Waals surface area contributed by atoms with Crippen LogP contribution in [0.5, 0.6) is 11.5 Å². The molecule has 0 unspecified atom stereocenters. The maximum Gasteiger partial charge on any atom is 0.222 e. The summed E-state index contributed by atoms with van der Waals surface area (Å²) in [4.78, 5) is 14.1. The minimum Gasteiger partial charge on any atom is -0.457 e. The molecule has 0 aliphatic carbocycles. The lowest BCUT2D eigenvalue weighted by Gasteiger charge is -2.19. The van der Waals surface area contributed by atoms with E-state index in [1.54, 1.807) is 31.2 Å². The number of likely N-dealkylation sites (tertiary alicyclic amines) is 1. The molecular formula is C20H23NO4S. The molecular weight excluding hydrogens is 350 g/mol. The van der Waals surface area contributed by atoms with Crippen LogP contribution in [0.2, 0.25) is 0 Å². The molecule has 3 rings (SSSR count). The summed E-state index contributed by atoms with van der Waals surface area (Å²) in [5.41, 5.74) is 1.92. The summed E-state index contributed by atoms with van der Waals surface area (Å²) in [7, 11) is -3.23. The predicted molar refractivity (Wildman–Crippen MR) is 100 cm³/mol. The number of rotatable bonds is 6. The number of amides is 1. The van der Waals surface area contributed by atoms with E-state index in [1.807, 2.05) is 30.0 Å². The molecule has 1 aliphatic rings. The van der Waals surface area contributed by atoms with Crippen LogP contribution in [-0.2, 0) is 21.2 Å². The highest BCUT2D eigenvalue weighted by molar-refractivity contribution is 7.91. The number of carbonyl (C=O) groups excluding carboxylic acids is 1. The molecule has 1 amide bonds. The molecule has 6 heteroatoms. The molecule has 26 heavy (non-hydrogen) atoms. The van der Waals surface area contributed by atoms with Crippen LogP contribution in [-0.4, -0.2) is 31.5 Å². The van der Waals surface area contributed by atoms with Gasteiger partial charge in [-0.25, -0.2) is 8.42 Å². The van der Waals surface area contributed by atoms with Crippen LogP contribution in [0.4, 0.5) is 0 Å². The zero-order valence-electron chi connectivity index (χ0n) is 15.1. The quantitative estimate of drug-likeness (QED) is 0.774. The number of ether oxygens (including phenoxy) is 1. The van der Waals surface area contributed by atoms with Gasteiger partial charge in [-0.05, 0) is 43.2 Å². The fraction of sp³-hybridized carbons (Fsp3) is 0.350. The zero-order chi connectivity index (χ0) is 18.7. The van der Waals surface area contributed by atoms with Crippen molar-refractivity contribution in [3.8, 4) is 11.5 Å². The van der Waals surface area contributed by atoms with E-state index in [9.17, 15) is 13.2 Å². The van der Waals surface area contributed by atoms with E-state index in [1.165, 1.54) is 0 Å². The Balaban J connectivity index is 1.84. The van der Waals surface area contributed by atoms with Crippen molar-refractivity contribution in [2.45, 2.75) is 38.1 Å². The van der Waals surface area contributed by atoms with Gasteiger partial charge >= 0.3 is 0 Å². The van der Waals surface area contributed by atoms with Crippen molar-refractivity contribution in [2.24, 2.45) is 0 Å². The highest BCUT2D eigenvalue weighted by atomic mass is 32.2. The van der Waals surface area contributed by atoms with E-state index in [-0.39, 0.29) is 11.7 Å². The summed E-state index contributed by atoms with van der Waals surface area (Å²) in [6.45, 7) is 4.88. The van der Waals surface area contributed by atoms with Crippen molar-refractivity contribution in [1.29, 1.82) is 0 Å². The molecule has 0 N–H and O–H groups in total. The molecule has 5 nitrogen and oxygen atoms in total. The van der Waals surface area contributed by atoms with Gasteiger partial charge in [-0.3, -0.25) is 4.79 Å². The van der Waals surface area contributed by atoms with Gasteiger partial charge in [0, 0.05) is 25.1 Å². The third kappa shape index (κ3) is 3.90. The summed E-state index contributed by atoms with van der Waals surface area (Å²) < 4.78 is 29.9. The first-order valence-electron chi connectivity index (χ1n) is 8.77. The van der Waals surface area contributed by atoms with Gasteiger partial charge in [0.05, 0.1) is 10.6 Å². The van der Waals surface area contributed by atoms with Crippen molar-refractivity contribution in [3.05, 3.63) is 53.6 Å². The van der Waals surface area contributed by atoms with Gasteiger partial charge in [0.1, 0.15) is 11.5 Å². The second kappa shape index (κ2) is 7.50. The van der Waals surface area contributed by atoms with Gasteiger partial charge in [0.15, 0.2) is 9.84 Å². The van der Waals surface area contributed by atoms with E-state index in [0.29, 0.717) is 23.6 Å². The lowest BCUT2D eigenvalue weighted by Crippen LogP contribution is -2.24. The number of benzene rings is 2. The van der Waals surface area contributed by atoms with Crippen LogP contribution in [0.25, 0.3) is 0 Å². The topological polar surface area (TPSA) is 63.7 Å². The molecule has 1 fully saturated rings. The van der Waals surface area contributed by atoms with Gasteiger partial charge in [-0.15, -0.1) is 0 Å². The Kier molecular flexibility index (Phi) is 5.32. The number of aryl methyl sites for hydroxylation is 1. The number of para-hydroxylation sites is 1. The number of sulfone groups is 1. The van der Waals surface area contributed by atoms with Gasteiger partial charge in [0.25, 0.3) is 0 Å². The fourth-order valence-electron chi connectivity index (χ4n) is 3.06. The van der Waals surface area contributed by atoms with Gasteiger partial charge in [-0.1, -0.05) is 25.1 Å². The Labute approximate surface area is 154 Å². The second-order valence-electron chi connectivity index (χ2n) is 6.46.